The lowest BCUT2D eigenvalue weighted by Gasteiger charge is -2.10. The molecule has 5 heteroatoms. The second-order valence-corrected chi connectivity index (χ2v) is 8.07. The van der Waals surface area contributed by atoms with Crippen molar-refractivity contribution in [3.63, 3.8) is 0 Å². The number of hydrogen-bond acceptors (Lipinski definition) is 4. The number of rotatable bonds is 7. The molecule has 0 amide bonds. The van der Waals surface area contributed by atoms with Gasteiger partial charge in [0.2, 0.25) is 0 Å². The van der Waals surface area contributed by atoms with Crippen molar-refractivity contribution in [2.75, 3.05) is 0 Å². The van der Waals surface area contributed by atoms with Crippen molar-refractivity contribution in [3.05, 3.63) is 131 Å². The molecule has 0 saturated carbocycles. The first-order chi connectivity index (χ1) is 16.8. The fourth-order valence-electron chi connectivity index (χ4n) is 3.78. The first-order valence-corrected chi connectivity index (χ1v) is 11.4. The van der Waals surface area contributed by atoms with Crippen molar-refractivity contribution in [2.45, 2.75) is 13.0 Å². The van der Waals surface area contributed by atoms with Gasteiger partial charge in [-0.2, -0.15) is 5.10 Å². The van der Waals surface area contributed by atoms with Crippen molar-refractivity contribution in [2.24, 2.45) is 5.92 Å². The Morgan fingerprint density at radius 3 is 2.85 bits per heavy atom. The van der Waals surface area contributed by atoms with Gasteiger partial charge in [0.05, 0.1) is 17.1 Å². The van der Waals surface area contributed by atoms with E-state index in [4.69, 9.17) is 4.74 Å². The number of H-pyrrole nitrogens is 1. The summed E-state index contributed by atoms with van der Waals surface area (Å²) in [7, 11) is 0. The van der Waals surface area contributed by atoms with Gasteiger partial charge in [0.25, 0.3) is 0 Å². The molecule has 3 heterocycles. The van der Waals surface area contributed by atoms with Gasteiger partial charge >= 0.3 is 0 Å². The lowest BCUT2D eigenvalue weighted by Crippen LogP contribution is -2.08. The second kappa shape index (κ2) is 10.5. The molecule has 0 fully saturated rings. The van der Waals surface area contributed by atoms with Crippen molar-refractivity contribution in [3.8, 4) is 5.75 Å². The zero-order valence-electron chi connectivity index (χ0n) is 18.8. The van der Waals surface area contributed by atoms with E-state index in [1.165, 1.54) is 11.3 Å². The third kappa shape index (κ3) is 5.51. The van der Waals surface area contributed by atoms with Gasteiger partial charge in [0, 0.05) is 23.4 Å². The molecular formula is C29H26N4O. The Morgan fingerprint density at radius 1 is 1.00 bits per heavy atom. The molecule has 1 unspecified atom stereocenters. The van der Waals surface area contributed by atoms with E-state index in [1.54, 1.807) is 6.20 Å². The number of pyridine rings is 1. The van der Waals surface area contributed by atoms with Gasteiger partial charge < -0.3 is 10.1 Å². The molecule has 2 aliphatic rings. The van der Waals surface area contributed by atoms with E-state index in [0.29, 0.717) is 6.61 Å². The average Bonchev–Trinajstić information content (AvgIpc) is 3.24. The highest BCUT2D eigenvalue weighted by atomic mass is 16.5. The number of nitrogens with zero attached hydrogens (tertiary/aromatic N) is 2. The van der Waals surface area contributed by atoms with Crippen LogP contribution in [0.5, 0.6) is 5.75 Å². The topological polar surface area (TPSA) is 62.8 Å². The molecule has 0 spiro atoms. The Balaban J connectivity index is 1.22. The van der Waals surface area contributed by atoms with Crippen LogP contribution in [-0.4, -0.2) is 15.2 Å². The number of ether oxygens (including phenoxy) is 1. The highest BCUT2D eigenvalue weighted by Crippen LogP contribution is 2.23. The Labute approximate surface area is 199 Å². The minimum Gasteiger partial charge on any atom is -0.487 e. The van der Waals surface area contributed by atoms with Crippen molar-refractivity contribution in [1.82, 2.24) is 20.5 Å². The van der Waals surface area contributed by atoms with Gasteiger partial charge in [-0.05, 0) is 66.8 Å². The Kier molecular flexibility index (Phi) is 6.62. The summed E-state index contributed by atoms with van der Waals surface area (Å²) >= 11 is 0. The van der Waals surface area contributed by atoms with Crippen LogP contribution in [0.2, 0.25) is 0 Å². The van der Waals surface area contributed by atoms with E-state index >= 15 is 0 Å². The largest absolute Gasteiger partial charge is 0.487 e. The monoisotopic (exact) mass is 446 g/mol. The number of hydrogen-bond donors (Lipinski definition) is 2. The summed E-state index contributed by atoms with van der Waals surface area (Å²) in [6.07, 6.45) is 23.9. The van der Waals surface area contributed by atoms with Crippen molar-refractivity contribution in [1.29, 1.82) is 0 Å². The molecule has 5 rings (SSSR count). The van der Waals surface area contributed by atoms with E-state index < -0.39 is 0 Å². The molecule has 2 N–H and O–H groups in total. The summed E-state index contributed by atoms with van der Waals surface area (Å²) in [6.45, 7) is 0.429. The van der Waals surface area contributed by atoms with Gasteiger partial charge in [-0.3, -0.25) is 10.1 Å². The zero-order valence-corrected chi connectivity index (χ0v) is 18.8. The minimum atomic E-state index is 0.234. The maximum absolute atomic E-state index is 5.99. The van der Waals surface area contributed by atoms with E-state index in [9.17, 15) is 0 Å². The molecule has 0 saturated heterocycles. The lowest BCUT2D eigenvalue weighted by molar-refractivity contribution is 0.300. The summed E-state index contributed by atoms with van der Waals surface area (Å²) in [5.41, 5.74) is 6.20. The summed E-state index contributed by atoms with van der Waals surface area (Å²) in [5, 5.41) is 10.8. The van der Waals surface area contributed by atoms with Gasteiger partial charge in [0.15, 0.2) is 0 Å². The number of dihydropyridines is 1. The number of aromatic amines is 1. The number of aromatic nitrogens is 3. The van der Waals surface area contributed by atoms with Crippen LogP contribution in [0.4, 0.5) is 0 Å². The van der Waals surface area contributed by atoms with E-state index in [-0.39, 0.29) is 5.92 Å². The Bertz CT molecular complexity index is 1280. The van der Waals surface area contributed by atoms with Crippen LogP contribution in [0.15, 0.2) is 109 Å². The fourth-order valence-corrected chi connectivity index (χ4v) is 3.78. The normalized spacial score (nSPS) is 17.2. The summed E-state index contributed by atoms with van der Waals surface area (Å²) in [4.78, 5) is 4.31. The first kappa shape index (κ1) is 21.5. The minimum absolute atomic E-state index is 0.234. The highest BCUT2D eigenvalue weighted by molar-refractivity contribution is 5.72. The van der Waals surface area contributed by atoms with Crippen LogP contribution < -0.4 is 10.1 Å². The fraction of sp³-hybridized carbons (Fsp3) is 0.103. The van der Waals surface area contributed by atoms with Crippen LogP contribution in [0, 0.1) is 5.92 Å². The van der Waals surface area contributed by atoms with Crippen LogP contribution in [-0.2, 0) is 6.61 Å². The Morgan fingerprint density at radius 2 is 1.91 bits per heavy atom. The zero-order chi connectivity index (χ0) is 23.0. The molecule has 34 heavy (non-hydrogen) atoms. The third-order valence-electron chi connectivity index (χ3n) is 5.62. The first-order valence-electron chi connectivity index (χ1n) is 11.4. The third-order valence-corrected chi connectivity index (χ3v) is 5.62. The van der Waals surface area contributed by atoms with Gasteiger partial charge in [-0.1, -0.05) is 54.6 Å². The molecule has 1 aliphatic carbocycles. The molecular weight excluding hydrogens is 420 g/mol. The maximum Gasteiger partial charge on any atom is 0.130 e. The molecule has 1 aromatic carbocycles. The van der Waals surface area contributed by atoms with Gasteiger partial charge in [0.1, 0.15) is 12.4 Å². The Hall–Kier alpha value is -4.38. The number of nitrogens with one attached hydrogen (secondary N) is 2. The molecule has 5 nitrogen and oxygen atoms in total. The lowest BCUT2D eigenvalue weighted by atomic mass is 10.1. The standard InChI is InChI=1S/C29H26N4O/c1-2-9-29(34-21-27-8-3-4-18-30-27)24(6-1)14-16-26-20-25(32-33-26)15-11-22-10-13-23-7-5-19-31-28(23)17-12-22/h1-6,8-20,22,31H,7,21H2,(H,32,33)/b15-11+,16-14+. The van der Waals surface area contributed by atoms with Crippen LogP contribution in [0.1, 0.15) is 29.1 Å². The number of allylic oxidation sites excluding steroid dienone is 7. The van der Waals surface area contributed by atoms with Crippen LogP contribution in [0.3, 0.4) is 0 Å². The molecule has 0 radical (unpaired) electrons. The molecule has 1 aliphatic heterocycles. The SMILES string of the molecule is C1=CNC2=C(C=CC(/C=C/c3cc(/C=C/c4ccccc4OCc4ccccn4)n[nH]3)C=C2)C1. The van der Waals surface area contributed by atoms with Crippen molar-refractivity contribution >= 4 is 18.2 Å². The van der Waals surface area contributed by atoms with Gasteiger partial charge in [-0.15, -0.1) is 0 Å². The van der Waals surface area contributed by atoms with E-state index in [1.807, 2.05) is 66.9 Å². The quantitative estimate of drug-likeness (QED) is 0.462. The predicted octanol–water partition coefficient (Wildman–Crippen LogP) is 6.07. The molecule has 0 bridgehead atoms. The van der Waals surface area contributed by atoms with E-state index in [0.717, 1.165) is 34.8 Å². The van der Waals surface area contributed by atoms with Crippen LogP contribution >= 0.6 is 0 Å². The molecule has 168 valence electrons. The summed E-state index contributed by atoms with van der Waals surface area (Å²) in [5.74, 6) is 1.05. The average molecular weight is 447 g/mol. The van der Waals surface area contributed by atoms with E-state index in [2.05, 4.69) is 63.0 Å². The van der Waals surface area contributed by atoms with Crippen molar-refractivity contribution < 1.29 is 4.74 Å². The smallest absolute Gasteiger partial charge is 0.130 e. The van der Waals surface area contributed by atoms with Crippen LogP contribution in [0.25, 0.3) is 18.2 Å². The molecule has 1 atom stereocenters. The number of para-hydroxylation sites is 1. The maximum atomic E-state index is 5.99. The molecule has 3 aromatic rings. The number of benzene rings is 1. The predicted molar refractivity (Wildman–Crippen MR) is 137 cm³/mol. The summed E-state index contributed by atoms with van der Waals surface area (Å²) < 4.78 is 5.99. The highest BCUT2D eigenvalue weighted by Gasteiger charge is 2.08. The second-order valence-electron chi connectivity index (χ2n) is 8.07. The summed E-state index contributed by atoms with van der Waals surface area (Å²) in [6, 6.07) is 15.8. The molecule has 2 aromatic heterocycles. The van der Waals surface area contributed by atoms with Gasteiger partial charge in [-0.25, -0.2) is 0 Å².